The fourth-order valence-corrected chi connectivity index (χ4v) is 2.31. The molecule has 2 aromatic heterocycles. The van der Waals surface area contributed by atoms with Gasteiger partial charge in [0.15, 0.2) is 5.82 Å². The Kier molecular flexibility index (Phi) is 3.83. The Morgan fingerprint density at radius 2 is 1.89 bits per heavy atom. The summed E-state index contributed by atoms with van der Waals surface area (Å²) in [5.41, 5.74) is 4.45. The second-order valence-corrected chi connectivity index (χ2v) is 4.64. The van der Waals surface area contributed by atoms with E-state index in [0.717, 1.165) is 35.9 Å². The Balaban J connectivity index is 2.52. The molecule has 5 heteroatoms. The minimum Gasteiger partial charge on any atom is -0.354 e. The van der Waals surface area contributed by atoms with Crippen molar-refractivity contribution in [3.63, 3.8) is 0 Å². The van der Waals surface area contributed by atoms with Crippen molar-refractivity contribution >= 4 is 5.95 Å². The molecule has 0 saturated carbocycles. The predicted molar refractivity (Wildman–Crippen MR) is 76.9 cm³/mol. The van der Waals surface area contributed by atoms with Crippen molar-refractivity contribution in [2.75, 3.05) is 11.9 Å². The molecule has 0 saturated heterocycles. The zero-order chi connectivity index (χ0) is 14.0. The van der Waals surface area contributed by atoms with Gasteiger partial charge in [-0.1, -0.05) is 6.92 Å². The minimum atomic E-state index is 0.656. The fourth-order valence-electron chi connectivity index (χ4n) is 2.31. The Bertz CT molecular complexity index is 586. The molecule has 0 bridgehead atoms. The van der Waals surface area contributed by atoms with Crippen molar-refractivity contribution in [2.45, 2.75) is 41.0 Å². The number of hydrogen-bond acceptors (Lipinski definition) is 4. The van der Waals surface area contributed by atoms with Gasteiger partial charge >= 0.3 is 0 Å². The lowest BCUT2D eigenvalue weighted by atomic mass is 10.1. The molecule has 0 fully saturated rings. The Hall–Kier alpha value is -1.91. The van der Waals surface area contributed by atoms with E-state index in [2.05, 4.69) is 34.2 Å². The highest BCUT2D eigenvalue weighted by Gasteiger charge is 2.13. The van der Waals surface area contributed by atoms with Gasteiger partial charge in [-0.3, -0.25) is 0 Å². The van der Waals surface area contributed by atoms with Crippen LogP contribution in [0.5, 0.6) is 0 Å². The van der Waals surface area contributed by atoms with Gasteiger partial charge in [0, 0.05) is 24.0 Å². The first kappa shape index (κ1) is 13.5. The van der Waals surface area contributed by atoms with Gasteiger partial charge in [0.05, 0.1) is 5.69 Å². The molecule has 0 spiro atoms. The Labute approximate surface area is 114 Å². The zero-order valence-corrected chi connectivity index (χ0v) is 12.3. The number of aryl methyl sites for hydroxylation is 2. The third-order valence-electron chi connectivity index (χ3n) is 3.19. The molecule has 0 aliphatic rings. The van der Waals surface area contributed by atoms with Crippen molar-refractivity contribution in [1.82, 2.24) is 19.7 Å². The molecule has 0 amide bonds. The number of rotatable bonds is 4. The van der Waals surface area contributed by atoms with E-state index in [1.54, 1.807) is 0 Å². The summed E-state index contributed by atoms with van der Waals surface area (Å²) in [7, 11) is 0. The standard InChI is InChI=1S/C14H21N5/c1-6-12-10(4)18-19(11(12)5)13-8-9(3)16-14(17-13)15-7-2/h8H,6-7H2,1-5H3,(H,15,16,17). The van der Waals surface area contributed by atoms with Gasteiger partial charge in [-0.15, -0.1) is 0 Å². The van der Waals surface area contributed by atoms with Crippen LogP contribution < -0.4 is 5.32 Å². The maximum Gasteiger partial charge on any atom is 0.224 e. The maximum atomic E-state index is 4.59. The molecule has 2 rings (SSSR count). The highest BCUT2D eigenvalue weighted by molar-refractivity contribution is 5.38. The molecule has 102 valence electrons. The molecule has 0 aromatic carbocycles. The highest BCUT2D eigenvalue weighted by atomic mass is 15.3. The second kappa shape index (κ2) is 5.38. The van der Waals surface area contributed by atoms with Crippen molar-refractivity contribution in [1.29, 1.82) is 0 Å². The summed E-state index contributed by atoms with van der Waals surface area (Å²) in [5, 5.41) is 7.74. The summed E-state index contributed by atoms with van der Waals surface area (Å²) >= 11 is 0. The number of anilines is 1. The van der Waals surface area contributed by atoms with E-state index in [1.165, 1.54) is 5.56 Å². The van der Waals surface area contributed by atoms with Gasteiger partial charge in [0.1, 0.15) is 0 Å². The molecule has 1 N–H and O–H groups in total. The number of hydrogen-bond donors (Lipinski definition) is 1. The van der Waals surface area contributed by atoms with Crippen LogP contribution in [0.15, 0.2) is 6.07 Å². The van der Waals surface area contributed by atoms with Gasteiger partial charge in [0.2, 0.25) is 5.95 Å². The normalized spacial score (nSPS) is 10.8. The van der Waals surface area contributed by atoms with Crippen LogP contribution in [0.4, 0.5) is 5.95 Å². The Morgan fingerprint density at radius 1 is 1.16 bits per heavy atom. The topological polar surface area (TPSA) is 55.6 Å². The van der Waals surface area contributed by atoms with Crippen LogP contribution in [-0.2, 0) is 6.42 Å². The van der Waals surface area contributed by atoms with Crippen LogP contribution in [-0.4, -0.2) is 26.3 Å². The third-order valence-corrected chi connectivity index (χ3v) is 3.19. The van der Waals surface area contributed by atoms with Gasteiger partial charge in [0.25, 0.3) is 0 Å². The zero-order valence-electron chi connectivity index (χ0n) is 12.3. The molecule has 2 aromatic rings. The van der Waals surface area contributed by atoms with E-state index in [1.807, 2.05) is 31.5 Å². The maximum absolute atomic E-state index is 4.59. The average molecular weight is 259 g/mol. The van der Waals surface area contributed by atoms with Crippen LogP contribution in [0.25, 0.3) is 5.82 Å². The van der Waals surface area contributed by atoms with E-state index in [9.17, 15) is 0 Å². The molecule has 5 nitrogen and oxygen atoms in total. The van der Waals surface area contributed by atoms with E-state index in [-0.39, 0.29) is 0 Å². The summed E-state index contributed by atoms with van der Waals surface area (Å²) in [5.74, 6) is 1.48. The van der Waals surface area contributed by atoms with E-state index in [4.69, 9.17) is 0 Å². The first-order chi connectivity index (χ1) is 9.06. The summed E-state index contributed by atoms with van der Waals surface area (Å²) in [6.45, 7) is 11.1. The summed E-state index contributed by atoms with van der Waals surface area (Å²) in [4.78, 5) is 8.89. The lowest BCUT2D eigenvalue weighted by molar-refractivity contribution is 0.797. The van der Waals surface area contributed by atoms with Crippen molar-refractivity contribution in [3.05, 3.63) is 28.7 Å². The van der Waals surface area contributed by atoms with Crippen LogP contribution in [0.2, 0.25) is 0 Å². The van der Waals surface area contributed by atoms with Crippen molar-refractivity contribution in [2.24, 2.45) is 0 Å². The molecule has 0 unspecified atom stereocenters. The predicted octanol–water partition coefficient (Wildman–Crippen LogP) is 2.58. The smallest absolute Gasteiger partial charge is 0.224 e. The third kappa shape index (κ3) is 2.59. The fraction of sp³-hybridized carbons (Fsp3) is 0.500. The van der Waals surface area contributed by atoms with E-state index in [0.29, 0.717) is 5.95 Å². The van der Waals surface area contributed by atoms with Crippen molar-refractivity contribution in [3.8, 4) is 5.82 Å². The molecule has 0 atom stereocenters. The lowest BCUT2D eigenvalue weighted by Gasteiger charge is -2.08. The molecule has 19 heavy (non-hydrogen) atoms. The first-order valence-electron chi connectivity index (χ1n) is 6.71. The Morgan fingerprint density at radius 3 is 2.47 bits per heavy atom. The molecule has 0 aliphatic heterocycles. The minimum absolute atomic E-state index is 0.656. The molecule has 0 aliphatic carbocycles. The molecule has 2 heterocycles. The number of nitrogens with zero attached hydrogens (tertiary/aromatic N) is 4. The highest BCUT2D eigenvalue weighted by Crippen LogP contribution is 2.18. The number of nitrogens with one attached hydrogen (secondary N) is 1. The summed E-state index contributed by atoms with van der Waals surface area (Å²) in [6, 6.07) is 1.96. The average Bonchev–Trinajstić information content (AvgIpc) is 2.64. The monoisotopic (exact) mass is 259 g/mol. The molecule has 0 radical (unpaired) electrons. The first-order valence-corrected chi connectivity index (χ1v) is 6.71. The van der Waals surface area contributed by atoms with Crippen LogP contribution in [0.3, 0.4) is 0 Å². The van der Waals surface area contributed by atoms with Gasteiger partial charge in [-0.05, 0) is 39.7 Å². The summed E-state index contributed by atoms with van der Waals surface area (Å²) in [6.07, 6.45) is 0.988. The van der Waals surface area contributed by atoms with Crippen LogP contribution >= 0.6 is 0 Å². The SMILES string of the molecule is CCNc1nc(C)cc(-n2nc(C)c(CC)c2C)n1. The quantitative estimate of drug-likeness (QED) is 0.917. The van der Waals surface area contributed by atoms with E-state index >= 15 is 0 Å². The largest absolute Gasteiger partial charge is 0.354 e. The second-order valence-electron chi connectivity index (χ2n) is 4.64. The number of aromatic nitrogens is 4. The van der Waals surface area contributed by atoms with Gasteiger partial charge in [-0.25, -0.2) is 9.67 Å². The lowest BCUT2D eigenvalue weighted by Crippen LogP contribution is -2.09. The van der Waals surface area contributed by atoms with Crippen molar-refractivity contribution < 1.29 is 0 Å². The summed E-state index contributed by atoms with van der Waals surface area (Å²) < 4.78 is 1.91. The molecular weight excluding hydrogens is 238 g/mol. The van der Waals surface area contributed by atoms with E-state index < -0.39 is 0 Å². The van der Waals surface area contributed by atoms with Crippen LogP contribution in [0, 0.1) is 20.8 Å². The van der Waals surface area contributed by atoms with Gasteiger partial charge < -0.3 is 5.32 Å². The van der Waals surface area contributed by atoms with Crippen LogP contribution in [0.1, 0.15) is 36.5 Å². The molecular formula is C14H21N5. The van der Waals surface area contributed by atoms with Gasteiger partial charge in [-0.2, -0.15) is 10.1 Å².